The SMILES string of the molecule is CC(C)Oc1ccc(S(=O)(=O)N2CCOCC2)cc1NC(=O)C12CC3CC(CC(C3)C1)C2. The molecule has 4 bridgehead atoms. The molecule has 0 unspecified atom stereocenters. The Hall–Kier alpha value is -1.64. The van der Waals surface area contributed by atoms with Crippen LogP contribution < -0.4 is 10.1 Å². The number of morpholine rings is 1. The molecule has 7 nitrogen and oxygen atoms in total. The van der Waals surface area contributed by atoms with E-state index in [1.54, 1.807) is 18.2 Å². The second-order valence-electron chi connectivity index (χ2n) is 10.5. The molecule has 0 radical (unpaired) electrons. The second-order valence-corrected chi connectivity index (χ2v) is 12.4. The van der Waals surface area contributed by atoms with Gasteiger partial charge >= 0.3 is 0 Å². The third-order valence-corrected chi connectivity index (χ3v) is 9.58. The van der Waals surface area contributed by atoms with Crippen molar-refractivity contribution in [3.63, 3.8) is 0 Å². The van der Waals surface area contributed by atoms with Gasteiger partial charge in [-0.25, -0.2) is 8.42 Å². The van der Waals surface area contributed by atoms with Crippen LogP contribution in [0.2, 0.25) is 0 Å². The van der Waals surface area contributed by atoms with Crippen molar-refractivity contribution < 1.29 is 22.7 Å². The Balaban J connectivity index is 1.44. The van der Waals surface area contributed by atoms with Crippen molar-refractivity contribution in [1.29, 1.82) is 0 Å². The third-order valence-electron chi connectivity index (χ3n) is 7.69. The molecule has 0 atom stereocenters. The number of ether oxygens (including phenoxy) is 2. The number of benzene rings is 1. The fourth-order valence-electron chi connectivity index (χ4n) is 6.70. The van der Waals surface area contributed by atoms with Gasteiger partial charge in [-0.3, -0.25) is 4.79 Å². The molecule has 1 aromatic carbocycles. The zero-order chi connectivity index (χ0) is 22.5. The minimum absolute atomic E-state index is 0.0335. The van der Waals surface area contributed by atoms with Gasteiger partial charge in [0.15, 0.2) is 0 Å². The Labute approximate surface area is 190 Å². The van der Waals surface area contributed by atoms with E-state index >= 15 is 0 Å². The first kappa shape index (κ1) is 22.2. The van der Waals surface area contributed by atoms with E-state index in [0.29, 0.717) is 55.5 Å². The van der Waals surface area contributed by atoms with E-state index in [1.807, 2.05) is 13.8 Å². The predicted molar refractivity (Wildman–Crippen MR) is 121 cm³/mol. The lowest BCUT2D eigenvalue weighted by molar-refractivity contribution is -0.140. The normalized spacial score (nSPS) is 32.3. The molecule has 1 heterocycles. The minimum Gasteiger partial charge on any atom is -0.489 e. The molecule has 5 fully saturated rings. The van der Waals surface area contributed by atoms with Crippen LogP contribution in [0.15, 0.2) is 23.1 Å². The van der Waals surface area contributed by atoms with Crippen LogP contribution in [0.4, 0.5) is 5.69 Å². The Morgan fingerprint density at radius 1 is 1.09 bits per heavy atom. The van der Waals surface area contributed by atoms with Crippen LogP contribution in [0, 0.1) is 23.2 Å². The number of nitrogens with one attached hydrogen (secondary N) is 1. The smallest absolute Gasteiger partial charge is 0.243 e. The number of hydrogen-bond acceptors (Lipinski definition) is 5. The van der Waals surface area contributed by atoms with Gasteiger partial charge in [0, 0.05) is 13.1 Å². The van der Waals surface area contributed by atoms with E-state index in [1.165, 1.54) is 23.6 Å². The Kier molecular flexibility index (Phi) is 5.75. The Morgan fingerprint density at radius 2 is 1.69 bits per heavy atom. The highest BCUT2D eigenvalue weighted by atomic mass is 32.2. The highest BCUT2D eigenvalue weighted by Gasteiger charge is 2.54. The van der Waals surface area contributed by atoms with Crippen LogP contribution in [-0.2, 0) is 19.6 Å². The summed E-state index contributed by atoms with van der Waals surface area (Å²) in [5.74, 6) is 2.52. The standard InChI is InChI=1S/C24H34N2O5S/c1-16(2)31-22-4-3-20(32(28,29)26-5-7-30-8-6-26)12-21(22)25-23(27)24-13-17-9-18(14-24)11-19(10-17)15-24/h3-4,12,16-19H,5-11,13-15H2,1-2H3,(H,25,27). The highest BCUT2D eigenvalue weighted by molar-refractivity contribution is 7.89. The summed E-state index contributed by atoms with van der Waals surface area (Å²) in [6.45, 7) is 5.29. The van der Waals surface area contributed by atoms with Crippen LogP contribution in [-0.4, -0.2) is 51.0 Å². The number of nitrogens with zero attached hydrogens (tertiary/aromatic N) is 1. The van der Waals surface area contributed by atoms with E-state index < -0.39 is 10.0 Å². The van der Waals surface area contributed by atoms with Crippen molar-refractivity contribution in [2.75, 3.05) is 31.6 Å². The number of rotatable bonds is 6. The van der Waals surface area contributed by atoms with Crippen molar-refractivity contribution in [2.24, 2.45) is 23.2 Å². The first-order valence-corrected chi connectivity index (χ1v) is 13.4. The van der Waals surface area contributed by atoms with E-state index in [0.717, 1.165) is 19.3 Å². The van der Waals surface area contributed by atoms with E-state index in [-0.39, 0.29) is 22.3 Å². The summed E-state index contributed by atoms with van der Waals surface area (Å²) >= 11 is 0. The largest absolute Gasteiger partial charge is 0.489 e. The summed E-state index contributed by atoms with van der Waals surface area (Å²) in [4.78, 5) is 13.8. The second kappa shape index (κ2) is 8.29. The molecule has 4 aliphatic carbocycles. The van der Waals surface area contributed by atoms with Gasteiger partial charge in [-0.1, -0.05) is 0 Å². The number of carbonyl (C=O) groups excluding carboxylic acids is 1. The molecule has 8 heteroatoms. The van der Waals surface area contributed by atoms with Gasteiger partial charge in [0.25, 0.3) is 0 Å². The number of hydrogen-bond donors (Lipinski definition) is 1. The molecular formula is C24H34N2O5S. The predicted octanol–water partition coefficient (Wildman–Crippen LogP) is 3.65. The molecule has 1 aromatic rings. The summed E-state index contributed by atoms with van der Waals surface area (Å²) in [5.41, 5.74) is 0.136. The number of anilines is 1. The molecule has 4 saturated carbocycles. The average Bonchev–Trinajstić information content (AvgIpc) is 2.74. The molecule has 5 aliphatic rings. The number of amides is 1. The summed E-state index contributed by atoms with van der Waals surface area (Å²) in [7, 11) is -3.66. The van der Waals surface area contributed by atoms with E-state index in [9.17, 15) is 13.2 Å². The summed E-state index contributed by atoms with van der Waals surface area (Å²) in [6.07, 6.45) is 6.57. The molecule has 0 spiro atoms. The summed E-state index contributed by atoms with van der Waals surface area (Å²) < 4.78 is 39.1. The van der Waals surface area contributed by atoms with Gasteiger partial charge in [0.1, 0.15) is 5.75 Å². The van der Waals surface area contributed by atoms with Gasteiger partial charge in [-0.15, -0.1) is 0 Å². The molecule has 0 aromatic heterocycles. The lowest BCUT2D eigenvalue weighted by atomic mass is 9.49. The average molecular weight is 463 g/mol. The Bertz CT molecular complexity index is 949. The van der Waals surface area contributed by atoms with Gasteiger partial charge in [-0.2, -0.15) is 4.31 Å². The number of sulfonamides is 1. The highest BCUT2D eigenvalue weighted by Crippen LogP contribution is 2.60. The minimum atomic E-state index is -3.66. The zero-order valence-electron chi connectivity index (χ0n) is 19.0. The van der Waals surface area contributed by atoms with Gasteiger partial charge in [-0.05, 0) is 88.3 Å². The van der Waals surface area contributed by atoms with Crippen molar-refractivity contribution in [3.8, 4) is 5.75 Å². The van der Waals surface area contributed by atoms with Crippen molar-refractivity contribution in [2.45, 2.75) is 63.4 Å². The lowest BCUT2D eigenvalue weighted by Gasteiger charge is -2.55. The first-order valence-electron chi connectivity index (χ1n) is 12.0. The molecule has 32 heavy (non-hydrogen) atoms. The Morgan fingerprint density at radius 3 is 2.25 bits per heavy atom. The maximum Gasteiger partial charge on any atom is 0.243 e. The monoisotopic (exact) mass is 462 g/mol. The molecule has 1 amide bonds. The van der Waals surface area contributed by atoms with E-state index in [2.05, 4.69) is 5.32 Å². The maximum atomic E-state index is 13.6. The molecular weight excluding hydrogens is 428 g/mol. The fourth-order valence-corrected chi connectivity index (χ4v) is 8.14. The fraction of sp³-hybridized carbons (Fsp3) is 0.708. The first-order chi connectivity index (χ1) is 15.2. The van der Waals surface area contributed by atoms with Crippen LogP contribution in [0.3, 0.4) is 0 Å². The van der Waals surface area contributed by atoms with Gasteiger partial charge in [0.2, 0.25) is 15.9 Å². The van der Waals surface area contributed by atoms with Crippen molar-refractivity contribution in [1.82, 2.24) is 4.31 Å². The van der Waals surface area contributed by atoms with Crippen LogP contribution in [0.1, 0.15) is 52.4 Å². The third kappa shape index (κ3) is 4.05. The van der Waals surface area contributed by atoms with Crippen LogP contribution in [0.25, 0.3) is 0 Å². The van der Waals surface area contributed by atoms with Crippen molar-refractivity contribution in [3.05, 3.63) is 18.2 Å². The van der Waals surface area contributed by atoms with Crippen LogP contribution >= 0.6 is 0 Å². The lowest BCUT2D eigenvalue weighted by Crippen LogP contribution is -2.51. The maximum absolute atomic E-state index is 13.6. The molecule has 1 N–H and O–H groups in total. The van der Waals surface area contributed by atoms with Gasteiger partial charge in [0.05, 0.1) is 35.3 Å². The van der Waals surface area contributed by atoms with E-state index in [4.69, 9.17) is 9.47 Å². The van der Waals surface area contributed by atoms with Gasteiger partial charge < -0.3 is 14.8 Å². The number of carbonyl (C=O) groups is 1. The quantitative estimate of drug-likeness (QED) is 0.698. The topological polar surface area (TPSA) is 84.9 Å². The molecule has 176 valence electrons. The molecule has 1 aliphatic heterocycles. The van der Waals surface area contributed by atoms with Crippen molar-refractivity contribution >= 4 is 21.6 Å². The molecule has 6 rings (SSSR count). The molecule has 1 saturated heterocycles. The zero-order valence-corrected chi connectivity index (χ0v) is 19.8. The van der Waals surface area contributed by atoms with Crippen LogP contribution in [0.5, 0.6) is 5.75 Å². The summed E-state index contributed by atoms with van der Waals surface area (Å²) in [6, 6.07) is 4.81. The summed E-state index contributed by atoms with van der Waals surface area (Å²) in [5, 5.41) is 3.12.